The molecule has 0 saturated heterocycles. The molecule has 20 heavy (non-hydrogen) atoms. The summed E-state index contributed by atoms with van der Waals surface area (Å²) in [6, 6.07) is 9.36. The lowest BCUT2D eigenvalue weighted by Crippen LogP contribution is -2.14. The number of hydrogen-bond acceptors (Lipinski definition) is 1. The summed E-state index contributed by atoms with van der Waals surface area (Å²) in [6.07, 6.45) is -4.70. The van der Waals surface area contributed by atoms with E-state index in [4.69, 9.17) is 5.73 Å². The molecule has 0 heterocycles. The molecule has 5 heteroatoms. The Morgan fingerprint density at radius 1 is 1.00 bits per heavy atom. The van der Waals surface area contributed by atoms with Gasteiger partial charge in [0.25, 0.3) is 0 Å². The average Bonchev–Trinajstić information content (AvgIpc) is 2.36. The average molecular weight is 283 g/mol. The summed E-state index contributed by atoms with van der Waals surface area (Å²) in [5.41, 5.74) is 6.70. The SMILES string of the molecule is Cc1cccc([C@@H](N)c2ccc(C(F)(F)F)c(F)c2)c1. The molecule has 0 bridgehead atoms. The fraction of sp³-hybridized carbons (Fsp3) is 0.200. The molecule has 2 rings (SSSR count). The van der Waals surface area contributed by atoms with Crippen LogP contribution in [0.2, 0.25) is 0 Å². The summed E-state index contributed by atoms with van der Waals surface area (Å²) < 4.78 is 51.0. The van der Waals surface area contributed by atoms with Gasteiger partial charge in [-0.25, -0.2) is 4.39 Å². The second-order valence-electron chi connectivity index (χ2n) is 4.63. The van der Waals surface area contributed by atoms with E-state index in [9.17, 15) is 17.6 Å². The van der Waals surface area contributed by atoms with Gasteiger partial charge in [-0.2, -0.15) is 13.2 Å². The summed E-state index contributed by atoms with van der Waals surface area (Å²) in [4.78, 5) is 0. The molecule has 0 saturated carbocycles. The summed E-state index contributed by atoms with van der Waals surface area (Å²) in [6.45, 7) is 1.88. The molecule has 0 radical (unpaired) electrons. The summed E-state index contributed by atoms with van der Waals surface area (Å²) in [5, 5.41) is 0. The Labute approximate surface area is 114 Å². The van der Waals surface area contributed by atoms with Gasteiger partial charge >= 0.3 is 6.18 Å². The first kappa shape index (κ1) is 14.5. The Morgan fingerprint density at radius 3 is 2.20 bits per heavy atom. The molecule has 0 aliphatic carbocycles. The van der Waals surface area contributed by atoms with Gasteiger partial charge in [-0.3, -0.25) is 0 Å². The van der Waals surface area contributed by atoms with Crippen molar-refractivity contribution in [3.63, 3.8) is 0 Å². The Morgan fingerprint density at radius 2 is 1.65 bits per heavy atom. The van der Waals surface area contributed by atoms with Crippen molar-refractivity contribution < 1.29 is 17.6 Å². The third-order valence-electron chi connectivity index (χ3n) is 3.06. The number of hydrogen-bond donors (Lipinski definition) is 1. The molecular formula is C15H13F4N. The summed E-state index contributed by atoms with van der Waals surface area (Å²) in [7, 11) is 0. The monoisotopic (exact) mass is 283 g/mol. The molecule has 2 aromatic rings. The topological polar surface area (TPSA) is 26.0 Å². The molecule has 0 spiro atoms. The van der Waals surface area contributed by atoms with Crippen molar-refractivity contribution in [2.24, 2.45) is 5.73 Å². The van der Waals surface area contributed by atoms with Gasteiger partial charge in [-0.15, -0.1) is 0 Å². The van der Waals surface area contributed by atoms with Crippen molar-refractivity contribution in [1.82, 2.24) is 0 Å². The van der Waals surface area contributed by atoms with Crippen LogP contribution < -0.4 is 5.73 Å². The highest BCUT2D eigenvalue weighted by molar-refractivity contribution is 5.36. The number of alkyl halides is 3. The number of aryl methyl sites for hydroxylation is 1. The maximum atomic E-state index is 13.5. The highest BCUT2D eigenvalue weighted by Gasteiger charge is 2.34. The van der Waals surface area contributed by atoms with Crippen molar-refractivity contribution in [1.29, 1.82) is 0 Å². The van der Waals surface area contributed by atoms with Crippen LogP contribution in [0.1, 0.15) is 28.3 Å². The van der Waals surface area contributed by atoms with E-state index >= 15 is 0 Å². The van der Waals surface area contributed by atoms with Crippen LogP contribution in [-0.2, 0) is 6.18 Å². The van der Waals surface area contributed by atoms with Gasteiger partial charge in [0.2, 0.25) is 0 Å². The van der Waals surface area contributed by atoms with Crippen molar-refractivity contribution in [3.8, 4) is 0 Å². The fourth-order valence-electron chi connectivity index (χ4n) is 2.01. The van der Waals surface area contributed by atoms with Gasteiger partial charge in [0.05, 0.1) is 11.6 Å². The second-order valence-corrected chi connectivity index (χ2v) is 4.63. The van der Waals surface area contributed by atoms with E-state index < -0.39 is 23.6 Å². The molecule has 0 aliphatic heterocycles. The molecule has 2 N–H and O–H groups in total. The predicted molar refractivity (Wildman–Crippen MR) is 68.6 cm³/mol. The number of benzene rings is 2. The van der Waals surface area contributed by atoms with Crippen LogP contribution in [0.25, 0.3) is 0 Å². The quantitative estimate of drug-likeness (QED) is 0.821. The van der Waals surface area contributed by atoms with Crippen LogP contribution in [-0.4, -0.2) is 0 Å². The first-order valence-electron chi connectivity index (χ1n) is 5.98. The second kappa shape index (κ2) is 5.25. The largest absolute Gasteiger partial charge is 0.419 e. The lowest BCUT2D eigenvalue weighted by atomic mass is 9.97. The van der Waals surface area contributed by atoms with Crippen molar-refractivity contribution in [3.05, 3.63) is 70.5 Å². The zero-order chi connectivity index (χ0) is 14.9. The molecule has 2 aromatic carbocycles. The highest BCUT2D eigenvalue weighted by atomic mass is 19.4. The highest BCUT2D eigenvalue weighted by Crippen LogP contribution is 2.33. The van der Waals surface area contributed by atoms with E-state index in [1.54, 1.807) is 12.1 Å². The van der Waals surface area contributed by atoms with E-state index in [1.807, 2.05) is 19.1 Å². The maximum Gasteiger partial charge on any atom is 0.419 e. The minimum Gasteiger partial charge on any atom is -0.320 e. The number of nitrogens with two attached hydrogens (primary N) is 1. The van der Waals surface area contributed by atoms with Crippen LogP contribution >= 0.6 is 0 Å². The molecule has 1 nitrogen and oxygen atoms in total. The Bertz CT molecular complexity index is 620. The standard InChI is InChI=1S/C15H13F4N/c1-9-3-2-4-10(7-9)14(20)11-5-6-12(13(16)8-11)15(17,18)19/h2-8,14H,20H2,1H3/t14-/m1/s1. The van der Waals surface area contributed by atoms with Gasteiger partial charge in [0.15, 0.2) is 0 Å². The molecule has 1 atom stereocenters. The molecular weight excluding hydrogens is 270 g/mol. The van der Waals surface area contributed by atoms with Crippen LogP contribution in [0.5, 0.6) is 0 Å². The third-order valence-corrected chi connectivity index (χ3v) is 3.06. The molecule has 106 valence electrons. The summed E-state index contributed by atoms with van der Waals surface area (Å²) >= 11 is 0. The van der Waals surface area contributed by atoms with Crippen molar-refractivity contribution in [2.75, 3.05) is 0 Å². The fourth-order valence-corrected chi connectivity index (χ4v) is 2.01. The van der Waals surface area contributed by atoms with Crippen LogP contribution in [0.3, 0.4) is 0 Å². The third kappa shape index (κ3) is 2.99. The van der Waals surface area contributed by atoms with Gasteiger partial charge in [-0.05, 0) is 30.2 Å². The lowest BCUT2D eigenvalue weighted by Gasteiger charge is -2.15. The Kier molecular flexibility index (Phi) is 3.81. The molecule has 0 fully saturated rings. The zero-order valence-corrected chi connectivity index (χ0v) is 10.7. The maximum absolute atomic E-state index is 13.5. The van der Waals surface area contributed by atoms with Crippen molar-refractivity contribution in [2.45, 2.75) is 19.1 Å². The van der Waals surface area contributed by atoms with Crippen LogP contribution in [0, 0.1) is 12.7 Å². The van der Waals surface area contributed by atoms with Gasteiger partial charge < -0.3 is 5.73 Å². The van der Waals surface area contributed by atoms with E-state index in [-0.39, 0.29) is 0 Å². The first-order chi connectivity index (χ1) is 9.29. The molecule has 0 aliphatic rings. The molecule has 0 aromatic heterocycles. The smallest absolute Gasteiger partial charge is 0.320 e. The van der Waals surface area contributed by atoms with Crippen LogP contribution in [0.4, 0.5) is 17.6 Å². The van der Waals surface area contributed by atoms with Gasteiger partial charge in [0, 0.05) is 0 Å². The predicted octanol–water partition coefficient (Wildman–Crippen LogP) is 4.20. The van der Waals surface area contributed by atoms with E-state index in [1.165, 1.54) is 6.07 Å². The molecule has 0 unspecified atom stereocenters. The lowest BCUT2D eigenvalue weighted by molar-refractivity contribution is -0.140. The Balaban J connectivity index is 2.37. The zero-order valence-electron chi connectivity index (χ0n) is 10.7. The minimum atomic E-state index is -4.70. The normalized spacial score (nSPS) is 13.3. The van der Waals surface area contributed by atoms with E-state index in [2.05, 4.69) is 0 Å². The van der Waals surface area contributed by atoms with Gasteiger partial charge in [-0.1, -0.05) is 35.9 Å². The first-order valence-corrected chi connectivity index (χ1v) is 5.98. The minimum absolute atomic E-state index is 0.307. The van der Waals surface area contributed by atoms with E-state index in [0.29, 0.717) is 5.56 Å². The number of halogens is 4. The molecule has 0 amide bonds. The van der Waals surface area contributed by atoms with Gasteiger partial charge in [0.1, 0.15) is 5.82 Å². The van der Waals surface area contributed by atoms with Crippen LogP contribution in [0.15, 0.2) is 42.5 Å². The Hall–Kier alpha value is -1.88. The number of rotatable bonds is 2. The van der Waals surface area contributed by atoms with Crippen molar-refractivity contribution >= 4 is 0 Å². The summed E-state index contributed by atoms with van der Waals surface area (Å²) in [5.74, 6) is -1.31. The van der Waals surface area contributed by atoms with E-state index in [0.717, 1.165) is 23.3 Å².